The Hall–Kier alpha value is -0.220. The van der Waals surface area contributed by atoms with Crippen LogP contribution in [0, 0.1) is 0 Å². The first-order valence-corrected chi connectivity index (χ1v) is 4.26. The normalized spacial score (nSPS) is 30.5. The van der Waals surface area contributed by atoms with Crippen LogP contribution in [0.25, 0.3) is 0 Å². The van der Waals surface area contributed by atoms with E-state index in [4.69, 9.17) is 5.11 Å². The fourth-order valence-electron chi connectivity index (χ4n) is 1.70. The van der Waals surface area contributed by atoms with E-state index < -0.39 is 6.43 Å². The lowest BCUT2D eigenvalue weighted by Crippen LogP contribution is -2.33. The number of rotatable bonds is 3. The van der Waals surface area contributed by atoms with Crippen molar-refractivity contribution in [2.75, 3.05) is 13.6 Å². The summed E-state index contributed by atoms with van der Waals surface area (Å²) in [6, 6.07) is 0.147. The molecule has 1 N–H and O–H groups in total. The first kappa shape index (κ1) is 9.86. The van der Waals surface area contributed by atoms with Gasteiger partial charge in [0.25, 0.3) is 6.43 Å². The second kappa shape index (κ2) is 4.14. The average Bonchev–Trinajstić information content (AvgIpc) is 2.34. The third-order valence-corrected chi connectivity index (χ3v) is 2.43. The zero-order chi connectivity index (χ0) is 9.14. The van der Waals surface area contributed by atoms with E-state index in [0.29, 0.717) is 6.42 Å². The Kier molecular flexibility index (Phi) is 3.40. The molecule has 4 heteroatoms. The quantitative estimate of drug-likeness (QED) is 0.701. The number of hydrogen-bond donors (Lipinski definition) is 1. The van der Waals surface area contributed by atoms with E-state index >= 15 is 0 Å². The molecule has 1 rings (SSSR count). The SMILES string of the molecule is CN(CC(F)F)C1CCC(O)C1. The van der Waals surface area contributed by atoms with Crippen molar-refractivity contribution >= 4 is 0 Å². The minimum atomic E-state index is -2.27. The molecule has 0 amide bonds. The molecule has 72 valence electrons. The van der Waals surface area contributed by atoms with Crippen LogP contribution in [-0.2, 0) is 0 Å². The van der Waals surface area contributed by atoms with Crippen molar-refractivity contribution in [2.45, 2.75) is 37.8 Å². The summed E-state index contributed by atoms with van der Waals surface area (Å²) in [6.07, 6.45) is -0.325. The first-order chi connectivity index (χ1) is 5.59. The van der Waals surface area contributed by atoms with Crippen molar-refractivity contribution in [1.82, 2.24) is 4.90 Å². The lowest BCUT2D eigenvalue weighted by Gasteiger charge is -2.23. The second-order valence-electron chi connectivity index (χ2n) is 3.45. The highest BCUT2D eigenvalue weighted by Crippen LogP contribution is 2.23. The molecular formula is C8H15F2NO. The highest BCUT2D eigenvalue weighted by atomic mass is 19.3. The Bertz CT molecular complexity index is 143. The van der Waals surface area contributed by atoms with Crippen LogP contribution in [-0.4, -0.2) is 42.2 Å². The minimum Gasteiger partial charge on any atom is -0.393 e. The van der Waals surface area contributed by atoms with Crippen molar-refractivity contribution in [3.05, 3.63) is 0 Å². The van der Waals surface area contributed by atoms with Gasteiger partial charge in [-0.3, -0.25) is 4.90 Å². The Labute approximate surface area is 71.2 Å². The van der Waals surface area contributed by atoms with Crippen LogP contribution in [0.15, 0.2) is 0 Å². The standard InChI is InChI=1S/C8H15F2NO/c1-11(5-8(9)10)6-2-3-7(12)4-6/h6-8,12H,2-5H2,1H3. The molecular weight excluding hydrogens is 164 g/mol. The van der Waals surface area contributed by atoms with Crippen LogP contribution >= 0.6 is 0 Å². The summed E-state index contributed by atoms with van der Waals surface area (Å²) >= 11 is 0. The summed E-state index contributed by atoms with van der Waals surface area (Å²) in [6.45, 7) is -0.183. The molecule has 0 bridgehead atoms. The molecule has 0 spiro atoms. The minimum absolute atomic E-state index is 0.147. The van der Waals surface area contributed by atoms with E-state index in [1.165, 1.54) is 0 Å². The van der Waals surface area contributed by atoms with Gasteiger partial charge in [0.1, 0.15) is 0 Å². The zero-order valence-electron chi connectivity index (χ0n) is 7.21. The molecule has 1 aliphatic rings. The molecule has 2 nitrogen and oxygen atoms in total. The number of nitrogens with zero attached hydrogens (tertiary/aromatic N) is 1. The molecule has 0 saturated heterocycles. The van der Waals surface area contributed by atoms with Gasteiger partial charge < -0.3 is 5.11 Å². The van der Waals surface area contributed by atoms with E-state index in [1.807, 2.05) is 0 Å². The van der Waals surface area contributed by atoms with E-state index in [9.17, 15) is 8.78 Å². The molecule has 0 aliphatic heterocycles. The summed E-state index contributed by atoms with van der Waals surface area (Å²) in [4.78, 5) is 1.64. The van der Waals surface area contributed by atoms with Crippen LogP contribution in [0.1, 0.15) is 19.3 Å². The van der Waals surface area contributed by atoms with Gasteiger partial charge in [0.05, 0.1) is 12.6 Å². The lowest BCUT2D eigenvalue weighted by molar-refractivity contribution is 0.0771. The van der Waals surface area contributed by atoms with Crippen molar-refractivity contribution in [1.29, 1.82) is 0 Å². The number of halogens is 2. The maximum absolute atomic E-state index is 11.9. The van der Waals surface area contributed by atoms with Gasteiger partial charge in [0.2, 0.25) is 0 Å². The predicted octanol–water partition coefficient (Wildman–Crippen LogP) is 1.10. The van der Waals surface area contributed by atoms with Gasteiger partial charge in [-0.1, -0.05) is 0 Å². The fraction of sp³-hybridized carbons (Fsp3) is 1.00. The topological polar surface area (TPSA) is 23.5 Å². The Morgan fingerprint density at radius 3 is 2.58 bits per heavy atom. The molecule has 1 fully saturated rings. The first-order valence-electron chi connectivity index (χ1n) is 4.26. The summed E-state index contributed by atoms with van der Waals surface area (Å²) in [5, 5.41) is 9.17. The second-order valence-corrected chi connectivity index (χ2v) is 3.45. The molecule has 2 unspecified atom stereocenters. The lowest BCUT2D eigenvalue weighted by atomic mass is 10.2. The van der Waals surface area contributed by atoms with Crippen LogP contribution in [0.5, 0.6) is 0 Å². The Morgan fingerprint density at radius 2 is 2.17 bits per heavy atom. The Balaban J connectivity index is 2.28. The van der Waals surface area contributed by atoms with Gasteiger partial charge in [0.15, 0.2) is 0 Å². The van der Waals surface area contributed by atoms with Gasteiger partial charge in [-0.25, -0.2) is 8.78 Å². The predicted molar refractivity (Wildman–Crippen MR) is 42.3 cm³/mol. The fourth-order valence-corrected chi connectivity index (χ4v) is 1.70. The maximum atomic E-state index is 11.9. The molecule has 0 aromatic heterocycles. The van der Waals surface area contributed by atoms with Crippen molar-refractivity contribution in [2.24, 2.45) is 0 Å². The van der Waals surface area contributed by atoms with Crippen LogP contribution < -0.4 is 0 Å². The highest BCUT2D eigenvalue weighted by molar-refractivity contribution is 4.81. The van der Waals surface area contributed by atoms with E-state index in [0.717, 1.165) is 12.8 Å². The van der Waals surface area contributed by atoms with Crippen molar-refractivity contribution in [3.8, 4) is 0 Å². The Morgan fingerprint density at radius 1 is 1.50 bits per heavy atom. The number of aliphatic hydroxyl groups excluding tert-OH is 1. The molecule has 1 saturated carbocycles. The van der Waals surface area contributed by atoms with E-state index in [2.05, 4.69) is 0 Å². The molecule has 0 aromatic rings. The zero-order valence-corrected chi connectivity index (χ0v) is 7.21. The third-order valence-electron chi connectivity index (χ3n) is 2.43. The number of aliphatic hydroxyl groups is 1. The van der Waals surface area contributed by atoms with E-state index in [1.54, 1.807) is 11.9 Å². The van der Waals surface area contributed by atoms with Gasteiger partial charge >= 0.3 is 0 Å². The van der Waals surface area contributed by atoms with Gasteiger partial charge in [0, 0.05) is 6.04 Å². The number of hydrogen-bond acceptors (Lipinski definition) is 2. The number of alkyl halides is 2. The van der Waals surface area contributed by atoms with Crippen LogP contribution in [0.4, 0.5) is 8.78 Å². The summed E-state index contributed by atoms with van der Waals surface area (Å²) < 4.78 is 23.9. The average molecular weight is 179 g/mol. The smallest absolute Gasteiger partial charge is 0.251 e. The molecule has 0 aromatic carbocycles. The van der Waals surface area contributed by atoms with Crippen LogP contribution in [0.3, 0.4) is 0 Å². The summed E-state index contributed by atoms with van der Waals surface area (Å²) in [5.74, 6) is 0. The van der Waals surface area contributed by atoms with Crippen molar-refractivity contribution < 1.29 is 13.9 Å². The monoisotopic (exact) mass is 179 g/mol. The molecule has 12 heavy (non-hydrogen) atoms. The molecule has 1 aliphatic carbocycles. The summed E-state index contributed by atoms with van der Waals surface area (Å²) in [7, 11) is 1.69. The molecule has 0 heterocycles. The van der Waals surface area contributed by atoms with Gasteiger partial charge in [-0.15, -0.1) is 0 Å². The van der Waals surface area contributed by atoms with Crippen molar-refractivity contribution in [3.63, 3.8) is 0 Å². The molecule has 2 atom stereocenters. The molecule has 0 radical (unpaired) electrons. The third kappa shape index (κ3) is 2.68. The van der Waals surface area contributed by atoms with Gasteiger partial charge in [-0.05, 0) is 26.3 Å². The van der Waals surface area contributed by atoms with Gasteiger partial charge in [-0.2, -0.15) is 0 Å². The maximum Gasteiger partial charge on any atom is 0.251 e. The van der Waals surface area contributed by atoms with Crippen LogP contribution in [0.2, 0.25) is 0 Å². The summed E-state index contributed by atoms with van der Waals surface area (Å²) in [5.41, 5.74) is 0. The van der Waals surface area contributed by atoms with E-state index in [-0.39, 0.29) is 18.7 Å². The highest BCUT2D eigenvalue weighted by Gasteiger charge is 2.26. The largest absolute Gasteiger partial charge is 0.393 e.